The first-order valence-corrected chi connectivity index (χ1v) is 10.1. The molecule has 1 saturated heterocycles. The smallest absolute Gasteiger partial charge is 0.329 e. The molecule has 0 atom stereocenters. The highest BCUT2D eigenvalue weighted by molar-refractivity contribution is 7.99. The maximum atomic E-state index is 12.5. The molecule has 134 valence electrons. The van der Waals surface area contributed by atoms with Gasteiger partial charge in [-0.2, -0.15) is 16.5 Å². The Morgan fingerprint density at radius 2 is 2.00 bits per heavy atom. The molecule has 7 nitrogen and oxygen atoms in total. The maximum Gasteiger partial charge on any atom is 0.329 e. The average molecular weight is 382 g/mol. The monoisotopic (exact) mass is 382 g/mol. The van der Waals surface area contributed by atoms with Crippen molar-refractivity contribution in [3.8, 4) is 12.3 Å². The van der Waals surface area contributed by atoms with Gasteiger partial charge in [0, 0.05) is 5.56 Å². The molecule has 9 heteroatoms. The third kappa shape index (κ3) is 4.54. The van der Waals surface area contributed by atoms with Crippen molar-refractivity contribution >= 4 is 33.7 Å². The highest BCUT2D eigenvalue weighted by atomic mass is 32.2. The van der Waals surface area contributed by atoms with Crippen LogP contribution in [0.4, 0.5) is 0 Å². The van der Waals surface area contributed by atoms with E-state index in [1.807, 2.05) is 0 Å². The lowest BCUT2D eigenvalue weighted by molar-refractivity contribution is -0.144. The molecule has 0 aliphatic carbocycles. The molecule has 0 aromatic heterocycles. The second-order valence-electron chi connectivity index (χ2n) is 5.51. The van der Waals surface area contributed by atoms with E-state index in [1.165, 1.54) is 24.3 Å². The van der Waals surface area contributed by atoms with Gasteiger partial charge in [0.1, 0.15) is 5.54 Å². The van der Waals surface area contributed by atoms with Gasteiger partial charge >= 0.3 is 5.97 Å². The van der Waals surface area contributed by atoms with Crippen LogP contribution in [0.3, 0.4) is 0 Å². The summed E-state index contributed by atoms with van der Waals surface area (Å²) in [5.41, 5.74) is -1.25. The molecule has 1 aliphatic heterocycles. The number of hydrogen-bond donors (Lipinski definition) is 3. The van der Waals surface area contributed by atoms with E-state index in [0.29, 0.717) is 24.3 Å². The third-order valence-electron chi connectivity index (χ3n) is 3.88. The van der Waals surface area contributed by atoms with E-state index >= 15 is 0 Å². The van der Waals surface area contributed by atoms with Crippen LogP contribution in [-0.2, 0) is 14.8 Å². The molecule has 1 aromatic rings. The van der Waals surface area contributed by atoms with Crippen molar-refractivity contribution in [1.29, 1.82) is 0 Å². The van der Waals surface area contributed by atoms with Gasteiger partial charge < -0.3 is 10.4 Å². The molecule has 0 bridgehead atoms. The molecule has 0 unspecified atom stereocenters. The first kappa shape index (κ1) is 19.3. The fraction of sp³-hybridized carbons (Fsp3) is 0.375. The Hall–Kier alpha value is -2.02. The number of thioether (sulfide) groups is 1. The van der Waals surface area contributed by atoms with Crippen molar-refractivity contribution in [2.24, 2.45) is 0 Å². The number of rotatable bonds is 6. The molecule has 2 rings (SSSR count). The summed E-state index contributed by atoms with van der Waals surface area (Å²) >= 11 is 1.63. The second-order valence-corrected chi connectivity index (χ2v) is 8.50. The summed E-state index contributed by atoms with van der Waals surface area (Å²) in [5.74, 6) is 1.73. The lowest BCUT2D eigenvalue weighted by atomic mass is 9.92. The Kier molecular flexibility index (Phi) is 6.11. The van der Waals surface area contributed by atoms with Gasteiger partial charge in [0.15, 0.2) is 0 Å². The Labute approximate surface area is 150 Å². The predicted octanol–water partition coefficient (Wildman–Crippen LogP) is 0.678. The molecule has 1 aromatic carbocycles. The van der Waals surface area contributed by atoms with Gasteiger partial charge in [-0.15, -0.1) is 6.42 Å². The molecule has 1 heterocycles. The fourth-order valence-corrected chi connectivity index (χ4v) is 4.60. The van der Waals surface area contributed by atoms with Gasteiger partial charge in [0.05, 0.1) is 11.4 Å². The van der Waals surface area contributed by atoms with Gasteiger partial charge in [0.25, 0.3) is 5.91 Å². The molecule has 1 fully saturated rings. The molecule has 0 radical (unpaired) electrons. The number of aliphatic carboxylic acids is 1. The minimum Gasteiger partial charge on any atom is -0.480 e. The van der Waals surface area contributed by atoms with E-state index in [-0.39, 0.29) is 17.0 Å². The number of carboxylic acid groups (broad SMARTS) is 1. The summed E-state index contributed by atoms with van der Waals surface area (Å²) in [5, 5.41) is 12.1. The molecular weight excluding hydrogens is 364 g/mol. The Bertz CT molecular complexity index is 808. The summed E-state index contributed by atoms with van der Waals surface area (Å²) in [4.78, 5) is 24.0. The number of carbonyl (C=O) groups is 2. The maximum absolute atomic E-state index is 12.5. The van der Waals surface area contributed by atoms with E-state index < -0.39 is 27.4 Å². The topological polar surface area (TPSA) is 113 Å². The first-order valence-electron chi connectivity index (χ1n) is 7.48. The number of carboxylic acids is 1. The van der Waals surface area contributed by atoms with Crippen molar-refractivity contribution in [2.45, 2.75) is 23.3 Å². The van der Waals surface area contributed by atoms with Crippen LogP contribution in [0.25, 0.3) is 0 Å². The van der Waals surface area contributed by atoms with E-state index in [1.54, 1.807) is 11.8 Å². The van der Waals surface area contributed by atoms with E-state index in [0.717, 1.165) is 0 Å². The number of hydrogen-bond acceptors (Lipinski definition) is 5. The zero-order chi connectivity index (χ0) is 18.5. The number of benzene rings is 1. The van der Waals surface area contributed by atoms with Crippen LogP contribution in [0.1, 0.15) is 23.2 Å². The van der Waals surface area contributed by atoms with Crippen LogP contribution < -0.4 is 10.0 Å². The van der Waals surface area contributed by atoms with Gasteiger partial charge in [-0.25, -0.2) is 13.2 Å². The van der Waals surface area contributed by atoms with Crippen LogP contribution in [0, 0.1) is 12.3 Å². The minimum atomic E-state index is -3.84. The lowest BCUT2D eigenvalue weighted by Crippen LogP contribution is -2.56. The standard InChI is InChI=1S/C16H18N2O5S2/c1-2-8-17-25(22,23)13-5-3-4-12(11-13)14(19)18-16(15(20)21)6-9-24-10-7-16/h1,3-5,11,17H,6-10H2,(H,18,19)(H,20,21). The molecule has 3 N–H and O–H groups in total. The van der Waals surface area contributed by atoms with Gasteiger partial charge in [-0.05, 0) is 42.5 Å². The van der Waals surface area contributed by atoms with Gasteiger partial charge in [-0.3, -0.25) is 4.79 Å². The quantitative estimate of drug-likeness (QED) is 0.624. The third-order valence-corrected chi connectivity index (χ3v) is 6.26. The number of sulfonamides is 1. The summed E-state index contributed by atoms with van der Waals surface area (Å²) in [6, 6.07) is 5.38. The summed E-state index contributed by atoms with van der Waals surface area (Å²) in [6.45, 7) is -0.168. The number of carbonyl (C=O) groups excluding carboxylic acids is 1. The number of terminal acetylenes is 1. The number of amides is 1. The minimum absolute atomic E-state index is 0.0717. The molecule has 0 saturated carbocycles. The highest BCUT2D eigenvalue weighted by Crippen LogP contribution is 2.28. The van der Waals surface area contributed by atoms with Crippen molar-refractivity contribution in [3.63, 3.8) is 0 Å². The molecule has 0 spiro atoms. The summed E-state index contributed by atoms with van der Waals surface area (Å²) < 4.78 is 26.4. The normalized spacial score (nSPS) is 16.6. The number of nitrogens with one attached hydrogen (secondary N) is 2. The molecular formula is C16H18N2O5S2. The zero-order valence-corrected chi connectivity index (χ0v) is 15.0. The summed E-state index contributed by atoms with van der Waals surface area (Å²) in [7, 11) is -3.84. The largest absolute Gasteiger partial charge is 0.480 e. The molecule has 25 heavy (non-hydrogen) atoms. The van der Waals surface area contributed by atoms with E-state index in [2.05, 4.69) is 16.0 Å². The van der Waals surface area contributed by atoms with Gasteiger partial charge in [0.2, 0.25) is 10.0 Å². The SMILES string of the molecule is C#CCNS(=O)(=O)c1cccc(C(=O)NC2(C(=O)O)CCSCC2)c1. The first-order chi connectivity index (χ1) is 11.8. The average Bonchev–Trinajstić information content (AvgIpc) is 2.61. The Morgan fingerprint density at radius 3 is 2.60 bits per heavy atom. The predicted molar refractivity (Wildman–Crippen MR) is 94.9 cm³/mol. The van der Waals surface area contributed by atoms with Crippen LogP contribution in [0.5, 0.6) is 0 Å². The van der Waals surface area contributed by atoms with Crippen molar-refractivity contribution in [2.75, 3.05) is 18.1 Å². The lowest BCUT2D eigenvalue weighted by Gasteiger charge is -2.33. The zero-order valence-electron chi connectivity index (χ0n) is 13.3. The Morgan fingerprint density at radius 1 is 1.32 bits per heavy atom. The van der Waals surface area contributed by atoms with Crippen LogP contribution >= 0.6 is 11.8 Å². The van der Waals surface area contributed by atoms with Crippen LogP contribution in [-0.4, -0.2) is 49.0 Å². The summed E-state index contributed by atoms with van der Waals surface area (Å²) in [6.07, 6.45) is 5.68. The van der Waals surface area contributed by atoms with Crippen molar-refractivity contribution in [1.82, 2.24) is 10.0 Å². The fourth-order valence-electron chi connectivity index (χ4n) is 2.43. The van der Waals surface area contributed by atoms with E-state index in [9.17, 15) is 23.1 Å². The Balaban J connectivity index is 2.24. The van der Waals surface area contributed by atoms with Crippen molar-refractivity contribution < 1.29 is 23.1 Å². The highest BCUT2D eigenvalue weighted by Gasteiger charge is 2.41. The molecule has 1 amide bonds. The van der Waals surface area contributed by atoms with Crippen LogP contribution in [0.15, 0.2) is 29.2 Å². The second kappa shape index (κ2) is 7.91. The van der Waals surface area contributed by atoms with E-state index in [4.69, 9.17) is 6.42 Å². The van der Waals surface area contributed by atoms with Crippen LogP contribution in [0.2, 0.25) is 0 Å². The van der Waals surface area contributed by atoms with Gasteiger partial charge in [-0.1, -0.05) is 12.0 Å². The van der Waals surface area contributed by atoms with Crippen molar-refractivity contribution in [3.05, 3.63) is 29.8 Å². The molecule has 1 aliphatic rings.